The van der Waals surface area contributed by atoms with E-state index in [4.69, 9.17) is 9.15 Å². The number of hydrogen-bond donors (Lipinski definition) is 1. The van der Waals surface area contributed by atoms with E-state index in [9.17, 15) is 4.79 Å². The Morgan fingerprint density at radius 1 is 1.37 bits per heavy atom. The first kappa shape index (κ1) is 13.2. The summed E-state index contributed by atoms with van der Waals surface area (Å²) >= 11 is 0. The summed E-state index contributed by atoms with van der Waals surface area (Å²) in [4.78, 5) is 12.1. The zero-order valence-electron chi connectivity index (χ0n) is 11.3. The topological polar surface area (TPSA) is 51.5 Å². The average Bonchev–Trinajstić information content (AvgIpc) is 2.85. The van der Waals surface area contributed by atoms with Crippen molar-refractivity contribution in [1.82, 2.24) is 5.32 Å². The number of methoxy groups -OCH3 is 1. The van der Waals surface area contributed by atoms with E-state index in [2.05, 4.69) is 5.32 Å². The Morgan fingerprint density at radius 2 is 2.16 bits per heavy atom. The van der Waals surface area contributed by atoms with Crippen molar-refractivity contribution in [2.75, 3.05) is 7.11 Å². The lowest BCUT2D eigenvalue weighted by Crippen LogP contribution is -2.26. The molecule has 0 aliphatic carbocycles. The Kier molecular flexibility index (Phi) is 3.90. The summed E-state index contributed by atoms with van der Waals surface area (Å²) in [6.07, 6.45) is 1.51. The van der Waals surface area contributed by atoms with E-state index in [1.807, 2.05) is 31.2 Å². The molecule has 0 radical (unpaired) electrons. The van der Waals surface area contributed by atoms with Crippen LogP contribution in [-0.4, -0.2) is 13.0 Å². The molecule has 100 valence electrons. The molecule has 0 fully saturated rings. The third kappa shape index (κ3) is 2.96. The molecule has 4 nitrogen and oxygen atoms in total. The van der Waals surface area contributed by atoms with Gasteiger partial charge in [0.15, 0.2) is 0 Å². The fraction of sp³-hybridized carbons (Fsp3) is 0.267. The van der Waals surface area contributed by atoms with Crippen LogP contribution in [0.25, 0.3) is 0 Å². The highest BCUT2D eigenvalue weighted by Gasteiger charge is 2.15. The van der Waals surface area contributed by atoms with E-state index in [0.29, 0.717) is 11.3 Å². The lowest BCUT2D eigenvalue weighted by Gasteiger charge is -2.14. The van der Waals surface area contributed by atoms with Crippen molar-refractivity contribution >= 4 is 5.91 Å². The smallest absolute Gasteiger partial charge is 0.255 e. The van der Waals surface area contributed by atoms with Gasteiger partial charge in [0, 0.05) is 0 Å². The zero-order valence-corrected chi connectivity index (χ0v) is 11.3. The first-order valence-corrected chi connectivity index (χ1v) is 6.10. The molecular formula is C15H17NO3. The SMILES string of the molecule is COc1cccc([C@@H](C)NC(=O)c2ccoc2C)c1. The first-order chi connectivity index (χ1) is 9.11. The standard InChI is InChI=1S/C15H17NO3/c1-10(12-5-4-6-13(9-12)18-3)16-15(17)14-7-8-19-11(14)2/h4-10H,1-3H3,(H,16,17)/t10-/m1/s1. The van der Waals surface area contributed by atoms with E-state index in [1.54, 1.807) is 20.1 Å². The number of hydrogen-bond acceptors (Lipinski definition) is 3. The van der Waals surface area contributed by atoms with Gasteiger partial charge in [-0.15, -0.1) is 0 Å². The van der Waals surface area contributed by atoms with Crippen LogP contribution in [-0.2, 0) is 0 Å². The highest BCUT2D eigenvalue weighted by atomic mass is 16.5. The van der Waals surface area contributed by atoms with E-state index in [1.165, 1.54) is 6.26 Å². The number of ether oxygens (including phenoxy) is 1. The molecule has 2 aromatic rings. The molecule has 1 aromatic heterocycles. The van der Waals surface area contributed by atoms with Crippen LogP contribution in [0, 0.1) is 6.92 Å². The molecule has 0 aliphatic heterocycles. The molecule has 0 unspecified atom stereocenters. The van der Waals surface area contributed by atoms with Crippen LogP contribution in [0.1, 0.15) is 34.6 Å². The zero-order chi connectivity index (χ0) is 13.8. The van der Waals surface area contributed by atoms with Gasteiger partial charge >= 0.3 is 0 Å². The molecule has 19 heavy (non-hydrogen) atoms. The van der Waals surface area contributed by atoms with E-state index >= 15 is 0 Å². The molecule has 0 aliphatic rings. The molecule has 0 saturated heterocycles. The van der Waals surface area contributed by atoms with Gasteiger partial charge < -0.3 is 14.5 Å². The van der Waals surface area contributed by atoms with Crippen molar-refractivity contribution < 1.29 is 13.9 Å². The number of benzene rings is 1. The Morgan fingerprint density at radius 3 is 2.79 bits per heavy atom. The summed E-state index contributed by atoms with van der Waals surface area (Å²) in [6, 6.07) is 9.21. The molecule has 0 saturated carbocycles. The fourth-order valence-corrected chi connectivity index (χ4v) is 1.89. The largest absolute Gasteiger partial charge is 0.497 e. The molecule has 1 heterocycles. The number of carbonyl (C=O) groups excluding carboxylic acids is 1. The van der Waals surface area contributed by atoms with Crippen LogP contribution in [0.4, 0.5) is 0 Å². The predicted molar refractivity (Wildman–Crippen MR) is 72.3 cm³/mol. The number of rotatable bonds is 4. The van der Waals surface area contributed by atoms with Gasteiger partial charge in [-0.25, -0.2) is 0 Å². The second kappa shape index (κ2) is 5.61. The lowest BCUT2D eigenvalue weighted by atomic mass is 10.1. The molecule has 1 N–H and O–H groups in total. The summed E-state index contributed by atoms with van der Waals surface area (Å²) in [5, 5.41) is 2.94. The van der Waals surface area contributed by atoms with E-state index < -0.39 is 0 Å². The molecule has 1 atom stereocenters. The van der Waals surface area contributed by atoms with Crippen LogP contribution in [0.3, 0.4) is 0 Å². The van der Waals surface area contributed by atoms with E-state index in [-0.39, 0.29) is 11.9 Å². The second-order valence-corrected chi connectivity index (χ2v) is 4.36. The second-order valence-electron chi connectivity index (χ2n) is 4.36. The van der Waals surface area contributed by atoms with Gasteiger partial charge in [0.05, 0.1) is 25.0 Å². The molecule has 0 spiro atoms. The van der Waals surface area contributed by atoms with Crippen LogP contribution in [0.2, 0.25) is 0 Å². The molecule has 0 bridgehead atoms. The van der Waals surface area contributed by atoms with Crippen LogP contribution in [0.15, 0.2) is 41.0 Å². The fourth-order valence-electron chi connectivity index (χ4n) is 1.89. The average molecular weight is 259 g/mol. The molecular weight excluding hydrogens is 242 g/mol. The predicted octanol–water partition coefficient (Wildman–Crippen LogP) is 3.09. The summed E-state index contributed by atoms with van der Waals surface area (Å²) in [7, 11) is 1.62. The maximum atomic E-state index is 12.1. The van der Waals surface area contributed by atoms with Gasteiger partial charge in [0.2, 0.25) is 0 Å². The summed E-state index contributed by atoms with van der Waals surface area (Å²) in [6.45, 7) is 3.70. The van der Waals surface area contributed by atoms with Crippen molar-refractivity contribution in [2.24, 2.45) is 0 Å². The Hall–Kier alpha value is -2.23. The molecule has 4 heteroatoms. The first-order valence-electron chi connectivity index (χ1n) is 6.10. The minimum absolute atomic E-state index is 0.100. The van der Waals surface area contributed by atoms with Crippen molar-refractivity contribution in [3.63, 3.8) is 0 Å². The summed E-state index contributed by atoms with van der Waals surface area (Å²) in [5.41, 5.74) is 1.56. The lowest BCUT2D eigenvalue weighted by molar-refractivity contribution is 0.0938. The van der Waals surface area contributed by atoms with Crippen LogP contribution in [0.5, 0.6) is 5.75 Å². The quantitative estimate of drug-likeness (QED) is 0.918. The number of amides is 1. The molecule has 2 rings (SSSR count). The van der Waals surface area contributed by atoms with E-state index in [0.717, 1.165) is 11.3 Å². The maximum absolute atomic E-state index is 12.1. The Labute approximate surface area is 112 Å². The third-order valence-electron chi connectivity index (χ3n) is 3.04. The number of nitrogens with one attached hydrogen (secondary N) is 1. The number of aryl methyl sites for hydroxylation is 1. The van der Waals surface area contributed by atoms with Crippen molar-refractivity contribution in [3.8, 4) is 5.75 Å². The van der Waals surface area contributed by atoms with Crippen LogP contribution < -0.4 is 10.1 Å². The van der Waals surface area contributed by atoms with Gasteiger partial charge in [-0.1, -0.05) is 12.1 Å². The summed E-state index contributed by atoms with van der Waals surface area (Å²) in [5.74, 6) is 1.26. The van der Waals surface area contributed by atoms with Crippen molar-refractivity contribution in [3.05, 3.63) is 53.5 Å². The van der Waals surface area contributed by atoms with Gasteiger partial charge in [0.1, 0.15) is 11.5 Å². The third-order valence-corrected chi connectivity index (χ3v) is 3.04. The monoisotopic (exact) mass is 259 g/mol. The van der Waals surface area contributed by atoms with Gasteiger partial charge in [-0.3, -0.25) is 4.79 Å². The number of carbonyl (C=O) groups is 1. The van der Waals surface area contributed by atoms with Gasteiger partial charge in [0.25, 0.3) is 5.91 Å². The number of furan rings is 1. The minimum atomic E-state index is -0.137. The molecule has 1 aromatic carbocycles. The normalized spacial score (nSPS) is 11.9. The Bertz CT molecular complexity index is 574. The van der Waals surface area contributed by atoms with Crippen molar-refractivity contribution in [1.29, 1.82) is 0 Å². The maximum Gasteiger partial charge on any atom is 0.255 e. The highest BCUT2D eigenvalue weighted by Crippen LogP contribution is 2.19. The molecule has 1 amide bonds. The highest BCUT2D eigenvalue weighted by molar-refractivity contribution is 5.95. The Balaban J connectivity index is 2.10. The minimum Gasteiger partial charge on any atom is -0.497 e. The van der Waals surface area contributed by atoms with Crippen LogP contribution >= 0.6 is 0 Å². The summed E-state index contributed by atoms with van der Waals surface area (Å²) < 4.78 is 10.3. The van der Waals surface area contributed by atoms with Gasteiger partial charge in [-0.2, -0.15) is 0 Å². The van der Waals surface area contributed by atoms with Crippen molar-refractivity contribution in [2.45, 2.75) is 19.9 Å². The van der Waals surface area contributed by atoms with Gasteiger partial charge in [-0.05, 0) is 37.6 Å².